The number of ether oxygens (including phenoxy) is 1. The minimum atomic E-state index is -4.74. The Kier molecular flexibility index (Phi) is 7.39. The first-order chi connectivity index (χ1) is 14.2. The van der Waals surface area contributed by atoms with Crippen molar-refractivity contribution < 1.29 is 22.7 Å². The van der Waals surface area contributed by atoms with Crippen molar-refractivity contribution in [2.24, 2.45) is 11.5 Å². The molecule has 0 saturated heterocycles. The number of nitrogens with two attached hydrogens (primary N) is 2. The first-order valence-corrected chi connectivity index (χ1v) is 8.46. The highest BCUT2D eigenvalue weighted by Gasteiger charge is 2.32. The lowest BCUT2D eigenvalue weighted by atomic mass is 10.1. The summed E-state index contributed by atoms with van der Waals surface area (Å²) in [6.07, 6.45) is 1.71. The molecule has 0 atom stereocenters. The summed E-state index contributed by atoms with van der Waals surface area (Å²) >= 11 is 0. The molecule has 5 N–H and O–H groups in total. The number of nitrogens with zero attached hydrogens (tertiary/aromatic N) is 3. The largest absolute Gasteiger partial charge is 0.573 e. The van der Waals surface area contributed by atoms with Crippen LogP contribution in [0, 0.1) is 6.92 Å². The van der Waals surface area contributed by atoms with Crippen molar-refractivity contribution in [3.8, 4) is 17.0 Å². The zero-order valence-electron chi connectivity index (χ0n) is 15.8. The molecule has 0 radical (unpaired) electrons. The normalized spacial score (nSPS) is 11.8. The van der Waals surface area contributed by atoms with Gasteiger partial charge < -0.3 is 21.5 Å². The number of carbonyl (C=O) groups is 1. The second kappa shape index (κ2) is 9.96. The molecule has 0 aliphatic carbocycles. The van der Waals surface area contributed by atoms with Crippen molar-refractivity contribution in [1.82, 2.24) is 19.9 Å². The van der Waals surface area contributed by atoms with Gasteiger partial charge in [-0.25, -0.2) is 9.50 Å². The SMILES string of the molecule is Cc1cnc2ccc(-c3ccccc3OC(F)(F)F)nn12.N/C=C\C=C(/N)NC=O. The molecule has 30 heavy (non-hydrogen) atoms. The molecule has 0 saturated carbocycles. The Morgan fingerprint density at radius 2 is 1.97 bits per heavy atom. The zero-order chi connectivity index (χ0) is 22.1. The molecule has 158 valence electrons. The van der Waals surface area contributed by atoms with Gasteiger partial charge in [-0.3, -0.25) is 4.79 Å². The van der Waals surface area contributed by atoms with Crippen molar-refractivity contribution in [3.05, 3.63) is 72.5 Å². The van der Waals surface area contributed by atoms with E-state index in [-0.39, 0.29) is 17.1 Å². The summed E-state index contributed by atoms with van der Waals surface area (Å²) in [5.41, 5.74) is 12.2. The van der Waals surface area contributed by atoms with Gasteiger partial charge in [-0.15, -0.1) is 13.2 Å². The van der Waals surface area contributed by atoms with Gasteiger partial charge in [-0.05, 0) is 49.5 Å². The highest BCUT2D eigenvalue weighted by Crippen LogP contribution is 2.32. The molecule has 3 rings (SSSR count). The molecular weight excluding hydrogens is 401 g/mol. The van der Waals surface area contributed by atoms with Gasteiger partial charge in [-0.2, -0.15) is 5.10 Å². The average Bonchev–Trinajstić information content (AvgIpc) is 3.07. The summed E-state index contributed by atoms with van der Waals surface area (Å²) in [4.78, 5) is 13.8. The number of fused-ring (bicyclic) bond motifs is 1. The third-order valence-corrected chi connectivity index (χ3v) is 3.53. The second-order valence-corrected chi connectivity index (χ2v) is 5.70. The molecule has 0 bridgehead atoms. The van der Waals surface area contributed by atoms with Crippen LogP contribution in [0.4, 0.5) is 13.2 Å². The summed E-state index contributed by atoms with van der Waals surface area (Å²) in [5.74, 6) is -0.0127. The van der Waals surface area contributed by atoms with Gasteiger partial charge in [0.1, 0.15) is 11.6 Å². The molecule has 11 heteroatoms. The number of rotatable bonds is 5. The molecular formula is C19H19F3N6O2. The van der Waals surface area contributed by atoms with Gasteiger partial charge in [0, 0.05) is 5.56 Å². The summed E-state index contributed by atoms with van der Waals surface area (Å²) in [6, 6.07) is 9.20. The molecule has 0 unspecified atom stereocenters. The number of hydrogen-bond acceptors (Lipinski definition) is 6. The number of alkyl halides is 3. The van der Waals surface area contributed by atoms with Crippen LogP contribution in [0.25, 0.3) is 16.9 Å². The number of nitrogens with one attached hydrogen (secondary N) is 1. The van der Waals surface area contributed by atoms with E-state index in [1.165, 1.54) is 36.6 Å². The van der Waals surface area contributed by atoms with Gasteiger partial charge in [0.05, 0.1) is 17.6 Å². The molecule has 1 aromatic carbocycles. The first kappa shape index (κ1) is 22.3. The minimum absolute atomic E-state index is 0.268. The van der Waals surface area contributed by atoms with Crippen LogP contribution in [0.5, 0.6) is 5.75 Å². The second-order valence-electron chi connectivity index (χ2n) is 5.70. The minimum Gasteiger partial charge on any atom is -0.405 e. The van der Waals surface area contributed by atoms with Gasteiger partial charge in [0.2, 0.25) is 6.41 Å². The number of carbonyl (C=O) groups excluding carboxylic acids is 1. The van der Waals surface area contributed by atoms with E-state index < -0.39 is 6.36 Å². The first-order valence-electron chi connectivity index (χ1n) is 8.46. The maximum absolute atomic E-state index is 12.4. The molecule has 8 nitrogen and oxygen atoms in total. The van der Waals surface area contributed by atoms with E-state index in [0.29, 0.717) is 17.8 Å². The highest BCUT2D eigenvalue weighted by molar-refractivity contribution is 5.67. The van der Waals surface area contributed by atoms with E-state index in [4.69, 9.17) is 11.5 Å². The fourth-order valence-corrected chi connectivity index (χ4v) is 2.30. The van der Waals surface area contributed by atoms with Crippen molar-refractivity contribution >= 4 is 12.1 Å². The van der Waals surface area contributed by atoms with Crippen LogP contribution in [-0.4, -0.2) is 27.4 Å². The lowest BCUT2D eigenvalue weighted by Gasteiger charge is -2.12. The van der Waals surface area contributed by atoms with Gasteiger partial charge in [0.25, 0.3) is 0 Å². The molecule has 0 spiro atoms. The van der Waals surface area contributed by atoms with Gasteiger partial charge in [-0.1, -0.05) is 12.1 Å². The monoisotopic (exact) mass is 420 g/mol. The maximum Gasteiger partial charge on any atom is 0.573 e. The van der Waals surface area contributed by atoms with Gasteiger partial charge >= 0.3 is 6.36 Å². The smallest absolute Gasteiger partial charge is 0.405 e. The number of amides is 1. The predicted octanol–water partition coefficient (Wildman–Crippen LogP) is 2.61. The Bertz CT molecular complexity index is 1060. The third-order valence-electron chi connectivity index (χ3n) is 3.53. The Morgan fingerprint density at radius 3 is 2.63 bits per heavy atom. The lowest BCUT2D eigenvalue weighted by molar-refractivity contribution is -0.274. The fourth-order valence-electron chi connectivity index (χ4n) is 2.30. The Hall–Kier alpha value is -4.02. The number of hydrogen-bond donors (Lipinski definition) is 3. The van der Waals surface area contributed by atoms with Crippen molar-refractivity contribution in [1.29, 1.82) is 0 Å². The molecule has 0 fully saturated rings. The van der Waals surface area contributed by atoms with E-state index >= 15 is 0 Å². The van der Waals surface area contributed by atoms with Crippen LogP contribution < -0.4 is 21.5 Å². The molecule has 0 aliphatic heterocycles. The quantitative estimate of drug-likeness (QED) is 0.431. The molecule has 3 aromatic rings. The third kappa shape index (κ3) is 6.26. The zero-order valence-corrected chi connectivity index (χ0v) is 15.8. The summed E-state index contributed by atoms with van der Waals surface area (Å²) in [5, 5.41) is 6.53. The summed E-state index contributed by atoms with van der Waals surface area (Å²) in [6.45, 7) is 1.81. The molecule has 2 heterocycles. The van der Waals surface area contributed by atoms with Gasteiger partial charge in [0.15, 0.2) is 5.65 Å². The van der Waals surface area contributed by atoms with Crippen LogP contribution in [0.15, 0.2) is 66.8 Å². The summed E-state index contributed by atoms with van der Waals surface area (Å²) < 4.78 is 43.0. The number of para-hydroxylation sites is 1. The predicted molar refractivity (Wildman–Crippen MR) is 105 cm³/mol. The van der Waals surface area contributed by atoms with E-state index in [9.17, 15) is 18.0 Å². The Balaban J connectivity index is 0.000000303. The highest BCUT2D eigenvalue weighted by atomic mass is 19.4. The number of halogens is 3. The van der Waals surface area contributed by atoms with Crippen LogP contribution in [-0.2, 0) is 4.79 Å². The Labute approximate surface area is 169 Å². The van der Waals surface area contributed by atoms with Crippen LogP contribution >= 0.6 is 0 Å². The van der Waals surface area contributed by atoms with E-state index in [2.05, 4.69) is 20.1 Å². The van der Waals surface area contributed by atoms with Crippen molar-refractivity contribution in [2.45, 2.75) is 13.3 Å². The Morgan fingerprint density at radius 1 is 1.23 bits per heavy atom. The van der Waals surface area contributed by atoms with Crippen molar-refractivity contribution in [3.63, 3.8) is 0 Å². The summed E-state index contributed by atoms with van der Waals surface area (Å²) in [7, 11) is 0. The van der Waals surface area contributed by atoms with E-state index in [1.807, 2.05) is 6.92 Å². The van der Waals surface area contributed by atoms with E-state index in [0.717, 1.165) is 5.69 Å². The molecule has 0 aliphatic rings. The standard InChI is InChI=1S/C14H10F3N3O.C5H9N3O/c1-9-8-18-13-7-6-11(19-20(9)13)10-4-2-3-5-12(10)21-14(15,16)17;6-3-1-2-5(7)8-4-9/h2-8H,1H3;1-4H,6-7H2,(H,8,9)/b;3-1-,5-2+. The molecule has 1 amide bonds. The molecule has 2 aromatic heterocycles. The fraction of sp³-hybridized carbons (Fsp3) is 0.105. The number of imidazole rings is 1. The van der Waals surface area contributed by atoms with Crippen LogP contribution in [0.2, 0.25) is 0 Å². The van der Waals surface area contributed by atoms with Crippen LogP contribution in [0.1, 0.15) is 5.69 Å². The number of benzene rings is 1. The number of allylic oxidation sites excluding steroid dienone is 2. The van der Waals surface area contributed by atoms with Crippen LogP contribution in [0.3, 0.4) is 0 Å². The number of aromatic nitrogens is 3. The van der Waals surface area contributed by atoms with E-state index in [1.54, 1.807) is 28.9 Å². The average molecular weight is 420 g/mol. The topological polar surface area (TPSA) is 121 Å². The van der Waals surface area contributed by atoms with Crippen molar-refractivity contribution in [2.75, 3.05) is 0 Å². The number of aryl methyl sites for hydroxylation is 1. The lowest BCUT2D eigenvalue weighted by Crippen LogP contribution is -2.17. The maximum atomic E-state index is 12.4.